The highest BCUT2D eigenvalue weighted by atomic mass is 32.1. The van der Waals surface area contributed by atoms with E-state index in [1.807, 2.05) is 30.3 Å². The van der Waals surface area contributed by atoms with Crippen LogP contribution in [0.15, 0.2) is 91.0 Å². The van der Waals surface area contributed by atoms with Gasteiger partial charge in [-0.15, -0.1) is 0 Å². The molecule has 1 aliphatic rings. The van der Waals surface area contributed by atoms with Crippen LogP contribution in [0.1, 0.15) is 30.0 Å². The lowest BCUT2D eigenvalue weighted by Crippen LogP contribution is -2.44. The van der Waals surface area contributed by atoms with Gasteiger partial charge in [0, 0.05) is 18.3 Å². The minimum absolute atomic E-state index is 0.145. The highest BCUT2D eigenvalue weighted by Gasteiger charge is 2.33. The molecule has 2 N–H and O–H groups in total. The number of anilines is 1. The van der Waals surface area contributed by atoms with Crippen LogP contribution >= 0.6 is 12.2 Å². The predicted octanol–water partition coefficient (Wildman–Crippen LogP) is 5.38. The Morgan fingerprint density at radius 3 is 2.21 bits per heavy atom. The summed E-state index contributed by atoms with van der Waals surface area (Å²) in [4.78, 5) is 2.59. The third-order valence-corrected chi connectivity index (χ3v) is 5.72. The molecule has 0 saturated carbocycles. The van der Waals surface area contributed by atoms with Gasteiger partial charge in [-0.25, -0.2) is 0 Å². The van der Waals surface area contributed by atoms with Crippen molar-refractivity contribution in [3.63, 3.8) is 0 Å². The highest BCUT2D eigenvalue weighted by molar-refractivity contribution is 7.80. The number of rotatable bonds is 6. The summed E-state index contributed by atoms with van der Waals surface area (Å²) in [6, 6.07) is 32.0. The minimum Gasteiger partial charge on any atom is -0.354 e. The number of hydrogen-bond donors (Lipinski definition) is 2. The SMILES string of the molecule is S=C(Nc1ccccc1)N[C@@H](c1ccccc1)[C@@H]1CCCN1Cc1ccccc1. The molecule has 4 heteroatoms. The average Bonchev–Trinajstić information content (AvgIpc) is 3.22. The molecule has 1 saturated heterocycles. The van der Waals surface area contributed by atoms with E-state index in [-0.39, 0.29) is 6.04 Å². The fourth-order valence-electron chi connectivity index (χ4n) is 4.14. The van der Waals surface area contributed by atoms with E-state index in [4.69, 9.17) is 12.2 Å². The molecule has 0 bridgehead atoms. The van der Waals surface area contributed by atoms with E-state index in [2.05, 4.69) is 76.2 Å². The fourth-order valence-corrected chi connectivity index (χ4v) is 4.38. The van der Waals surface area contributed by atoms with Crippen LogP contribution < -0.4 is 10.6 Å². The second-order valence-electron chi connectivity index (χ2n) is 7.52. The van der Waals surface area contributed by atoms with Gasteiger partial charge in [-0.2, -0.15) is 0 Å². The van der Waals surface area contributed by atoms with Crippen molar-refractivity contribution >= 4 is 23.0 Å². The number of nitrogens with zero attached hydrogens (tertiary/aromatic N) is 1. The Morgan fingerprint density at radius 2 is 1.52 bits per heavy atom. The van der Waals surface area contributed by atoms with E-state index in [0.717, 1.165) is 25.2 Å². The van der Waals surface area contributed by atoms with Crippen molar-refractivity contribution in [3.8, 4) is 0 Å². The maximum absolute atomic E-state index is 5.68. The van der Waals surface area contributed by atoms with Crippen molar-refractivity contribution in [1.29, 1.82) is 0 Å². The number of hydrogen-bond acceptors (Lipinski definition) is 2. The van der Waals surface area contributed by atoms with Gasteiger partial charge in [0.2, 0.25) is 0 Å². The topological polar surface area (TPSA) is 27.3 Å². The molecule has 2 atom stereocenters. The zero-order valence-electron chi connectivity index (χ0n) is 16.5. The number of para-hydroxylation sites is 1. The maximum Gasteiger partial charge on any atom is 0.171 e. The molecule has 3 aromatic rings. The Hall–Kier alpha value is -2.69. The van der Waals surface area contributed by atoms with Crippen molar-refractivity contribution in [2.24, 2.45) is 0 Å². The van der Waals surface area contributed by atoms with E-state index in [1.165, 1.54) is 17.5 Å². The average molecular weight is 402 g/mol. The lowest BCUT2D eigenvalue weighted by molar-refractivity contribution is 0.208. The van der Waals surface area contributed by atoms with Gasteiger partial charge in [0.1, 0.15) is 0 Å². The Bertz CT molecular complexity index is 899. The molecule has 1 heterocycles. The lowest BCUT2D eigenvalue weighted by Gasteiger charge is -2.33. The molecule has 3 nitrogen and oxygen atoms in total. The minimum atomic E-state index is 0.145. The zero-order chi connectivity index (χ0) is 19.9. The van der Waals surface area contributed by atoms with Gasteiger partial charge in [-0.05, 0) is 54.9 Å². The summed E-state index contributed by atoms with van der Waals surface area (Å²) in [6.45, 7) is 2.08. The molecule has 3 aromatic carbocycles. The fraction of sp³-hybridized carbons (Fsp3) is 0.240. The van der Waals surface area contributed by atoms with Crippen LogP contribution in [0.25, 0.3) is 0 Å². The molecular formula is C25H27N3S. The summed E-state index contributed by atoms with van der Waals surface area (Å²) in [5, 5.41) is 7.61. The zero-order valence-corrected chi connectivity index (χ0v) is 17.3. The van der Waals surface area contributed by atoms with E-state index < -0.39 is 0 Å². The van der Waals surface area contributed by atoms with Gasteiger partial charge in [0.05, 0.1) is 6.04 Å². The first kappa shape index (κ1) is 19.6. The summed E-state index contributed by atoms with van der Waals surface area (Å²) in [5.41, 5.74) is 3.63. The van der Waals surface area contributed by atoms with Gasteiger partial charge in [0.25, 0.3) is 0 Å². The number of thiocarbonyl (C=S) groups is 1. The van der Waals surface area contributed by atoms with Crippen molar-refractivity contribution in [1.82, 2.24) is 10.2 Å². The highest BCUT2D eigenvalue weighted by Crippen LogP contribution is 2.31. The molecule has 0 amide bonds. The summed E-state index contributed by atoms with van der Waals surface area (Å²) >= 11 is 5.68. The van der Waals surface area contributed by atoms with Crippen LogP contribution in [-0.2, 0) is 6.54 Å². The first-order chi connectivity index (χ1) is 14.3. The predicted molar refractivity (Wildman–Crippen MR) is 125 cm³/mol. The summed E-state index contributed by atoms with van der Waals surface area (Å²) in [6.07, 6.45) is 2.37. The smallest absolute Gasteiger partial charge is 0.171 e. The Kier molecular flexibility index (Phi) is 6.55. The molecule has 148 valence electrons. The molecular weight excluding hydrogens is 374 g/mol. The van der Waals surface area contributed by atoms with Crippen molar-refractivity contribution in [3.05, 3.63) is 102 Å². The maximum atomic E-state index is 5.68. The van der Waals surface area contributed by atoms with Gasteiger partial charge in [0.15, 0.2) is 5.11 Å². The van der Waals surface area contributed by atoms with Gasteiger partial charge in [-0.3, -0.25) is 4.90 Å². The van der Waals surface area contributed by atoms with Crippen LogP contribution in [0.5, 0.6) is 0 Å². The Balaban J connectivity index is 1.53. The molecule has 0 unspecified atom stereocenters. The summed E-state index contributed by atoms with van der Waals surface area (Å²) < 4.78 is 0. The van der Waals surface area contributed by atoms with E-state index in [9.17, 15) is 0 Å². The number of likely N-dealkylation sites (tertiary alicyclic amines) is 1. The van der Waals surface area contributed by atoms with Crippen molar-refractivity contribution in [2.45, 2.75) is 31.5 Å². The molecule has 29 heavy (non-hydrogen) atoms. The normalized spacial score (nSPS) is 17.6. The molecule has 4 rings (SSSR count). The van der Waals surface area contributed by atoms with Crippen molar-refractivity contribution in [2.75, 3.05) is 11.9 Å². The van der Waals surface area contributed by atoms with Crippen LogP contribution in [0.4, 0.5) is 5.69 Å². The quantitative estimate of drug-likeness (QED) is 0.542. The standard InChI is InChI=1S/C25H27N3S/c29-25(26-22-15-8-3-9-16-22)27-24(21-13-6-2-7-14-21)23-17-10-18-28(23)19-20-11-4-1-5-12-20/h1-9,11-16,23-24H,10,17-19H2,(H2,26,27,29)/t23-,24-/m0/s1. The monoisotopic (exact) mass is 401 g/mol. The number of nitrogens with one attached hydrogen (secondary N) is 2. The molecule has 0 spiro atoms. The lowest BCUT2D eigenvalue weighted by atomic mass is 9.97. The Morgan fingerprint density at radius 1 is 0.897 bits per heavy atom. The molecule has 0 radical (unpaired) electrons. The van der Waals surface area contributed by atoms with Crippen molar-refractivity contribution < 1.29 is 0 Å². The van der Waals surface area contributed by atoms with Gasteiger partial charge >= 0.3 is 0 Å². The van der Waals surface area contributed by atoms with Crippen LogP contribution in [0.3, 0.4) is 0 Å². The van der Waals surface area contributed by atoms with E-state index >= 15 is 0 Å². The van der Waals surface area contributed by atoms with Crippen LogP contribution in [0, 0.1) is 0 Å². The Labute approximate surface area is 178 Å². The van der Waals surface area contributed by atoms with Gasteiger partial charge < -0.3 is 10.6 Å². The molecule has 1 aliphatic heterocycles. The third kappa shape index (κ3) is 5.22. The second-order valence-corrected chi connectivity index (χ2v) is 7.93. The number of benzene rings is 3. The largest absolute Gasteiger partial charge is 0.354 e. The summed E-state index contributed by atoms with van der Waals surface area (Å²) in [5.74, 6) is 0. The van der Waals surface area contributed by atoms with Crippen LogP contribution in [-0.4, -0.2) is 22.6 Å². The van der Waals surface area contributed by atoms with Gasteiger partial charge in [-0.1, -0.05) is 78.9 Å². The second kappa shape index (κ2) is 9.68. The molecule has 1 fully saturated rings. The van der Waals surface area contributed by atoms with Crippen LogP contribution in [0.2, 0.25) is 0 Å². The van der Waals surface area contributed by atoms with E-state index in [1.54, 1.807) is 0 Å². The molecule has 0 aliphatic carbocycles. The summed E-state index contributed by atoms with van der Waals surface area (Å²) in [7, 11) is 0. The first-order valence-corrected chi connectivity index (χ1v) is 10.7. The first-order valence-electron chi connectivity index (χ1n) is 10.2. The molecule has 0 aromatic heterocycles. The third-order valence-electron chi connectivity index (χ3n) is 5.50. The van der Waals surface area contributed by atoms with E-state index in [0.29, 0.717) is 11.2 Å².